The van der Waals surface area contributed by atoms with Crippen LogP contribution in [-0.4, -0.2) is 29.1 Å². The van der Waals surface area contributed by atoms with Gasteiger partial charge in [-0.05, 0) is 13.3 Å². The fourth-order valence-electron chi connectivity index (χ4n) is 0.651. The summed E-state index contributed by atoms with van der Waals surface area (Å²) in [4.78, 5) is 32.1. The van der Waals surface area contributed by atoms with E-state index in [1.807, 2.05) is 0 Å². The molecule has 1 unspecified atom stereocenters. The summed E-state index contributed by atoms with van der Waals surface area (Å²) in [5, 5.41) is 8.33. The number of carboxylic acid groups (broad SMARTS) is 1. The van der Waals surface area contributed by atoms with Crippen LogP contribution in [0.2, 0.25) is 0 Å². The third kappa shape index (κ3) is 11.1. The first-order chi connectivity index (χ1) is 6.84. The molecule has 17 heavy (non-hydrogen) atoms. The number of aliphatic carboxylic acids is 1. The van der Waals surface area contributed by atoms with Crippen LogP contribution >= 0.6 is 0 Å². The number of ether oxygens (including phenoxy) is 1. The van der Waals surface area contributed by atoms with Crippen molar-refractivity contribution in [3.05, 3.63) is 12.2 Å². The molecule has 0 amide bonds. The van der Waals surface area contributed by atoms with Crippen LogP contribution in [0.1, 0.15) is 22.6 Å². The van der Waals surface area contributed by atoms with Gasteiger partial charge in [0.05, 0.1) is 0 Å². The average Bonchev–Trinajstić information content (AvgIpc) is 2.13. The largest absolute Gasteiger partial charge is 1.00 e. The van der Waals surface area contributed by atoms with Crippen LogP contribution < -0.4 is 64.8 Å². The van der Waals surface area contributed by atoms with Crippen LogP contribution in [0.15, 0.2) is 12.2 Å². The Bertz CT molecular complexity index is 315. The quantitative estimate of drug-likeness (QED) is 0.221. The maximum atomic E-state index is 11.1. The maximum Gasteiger partial charge on any atom is 1.00 e. The molecule has 0 saturated carbocycles. The molecule has 0 aliphatic carbocycles. The number of esters is 2. The Morgan fingerprint density at radius 2 is 1.88 bits per heavy atom. The van der Waals surface area contributed by atoms with Gasteiger partial charge in [-0.1, -0.05) is 6.58 Å². The molecule has 0 radical (unpaired) electrons. The van der Waals surface area contributed by atoms with Crippen LogP contribution in [-0.2, 0) is 19.1 Å². The minimum atomic E-state index is -1.11. The molecule has 8 heteroatoms. The zero-order valence-electron chi connectivity index (χ0n) is 12.4. The van der Waals surface area contributed by atoms with Crippen molar-refractivity contribution in [3.8, 4) is 0 Å². The molecule has 0 saturated heterocycles. The SMILES string of the molecule is C=C(C)C(=O)OC(=O)C(N)CCC(=O)O.[H-].[H-].[Na+].[Na+]. The molecule has 1 atom stereocenters. The van der Waals surface area contributed by atoms with Crippen LogP contribution in [0.3, 0.4) is 0 Å². The first-order valence-corrected chi connectivity index (χ1v) is 4.23. The molecule has 0 bridgehead atoms. The number of nitrogens with two attached hydrogens (primary N) is 1. The molecule has 0 aromatic heterocycles. The van der Waals surface area contributed by atoms with E-state index in [4.69, 9.17) is 10.8 Å². The van der Waals surface area contributed by atoms with Crippen molar-refractivity contribution in [2.24, 2.45) is 5.73 Å². The monoisotopic (exact) mass is 263 g/mol. The van der Waals surface area contributed by atoms with Gasteiger partial charge in [-0.3, -0.25) is 4.79 Å². The number of carbonyl (C=O) groups is 3. The van der Waals surface area contributed by atoms with Crippen molar-refractivity contribution in [1.82, 2.24) is 0 Å². The summed E-state index contributed by atoms with van der Waals surface area (Å²) in [6, 6.07) is -1.11. The maximum absolute atomic E-state index is 11.1. The van der Waals surface area contributed by atoms with Gasteiger partial charge in [0.1, 0.15) is 6.04 Å². The Morgan fingerprint density at radius 1 is 1.41 bits per heavy atom. The molecule has 0 fully saturated rings. The summed E-state index contributed by atoms with van der Waals surface area (Å²) in [7, 11) is 0. The summed E-state index contributed by atoms with van der Waals surface area (Å²) < 4.78 is 4.31. The van der Waals surface area contributed by atoms with E-state index in [0.29, 0.717) is 0 Å². The molecule has 0 heterocycles. The van der Waals surface area contributed by atoms with Gasteiger partial charge < -0.3 is 18.4 Å². The molecule has 0 aromatic rings. The molecule has 0 aromatic carbocycles. The Hall–Kier alpha value is 0.310. The van der Waals surface area contributed by atoms with Gasteiger partial charge in [0, 0.05) is 12.0 Å². The smallest absolute Gasteiger partial charge is 1.00 e. The van der Waals surface area contributed by atoms with E-state index in [1.54, 1.807) is 0 Å². The zero-order valence-corrected chi connectivity index (χ0v) is 14.4. The van der Waals surface area contributed by atoms with Crippen molar-refractivity contribution in [2.75, 3.05) is 0 Å². The second kappa shape index (κ2) is 11.4. The molecule has 0 aliphatic heterocycles. The van der Waals surface area contributed by atoms with E-state index < -0.39 is 23.9 Å². The molecular formula is C9H15NNa2O5. The van der Waals surface area contributed by atoms with Gasteiger partial charge in [-0.2, -0.15) is 0 Å². The molecule has 0 aliphatic rings. The number of hydrogen-bond donors (Lipinski definition) is 2. The van der Waals surface area contributed by atoms with E-state index in [2.05, 4.69) is 11.3 Å². The van der Waals surface area contributed by atoms with E-state index in [9.17, 15) is 14.4 Å². The number of carbonyl (C=O) groups excluding carboxylic acids is 2. The van der Waals surface area contributed by atoms with Gasteiger partial charge >= 0.3 is 77.0 Å². The number of rotatable bonds is 5. The van der Waals surface area contributed by atoms with Crippen molar-refractivity contribution in [3.63, 3.8) is 0 Å². The van der Waals surface area contributed by atoms with Crippen molar-refractivity contribution in [2.45, 2.75) is 25.8 Å². The van der Waals surface area contributed by atoms with Crippen molar-refractivity contribution >= 4 is 17.9 Å². The molecule has 6 nitrogen and oxygen atoms in total. The van der Waals surface area contributed by atoms with Crippen LogP contribution in [0.5, 0.6) is 0 Å². The average molecular weight is 263 g/mol. The summed E-state index contributed by atoms with van der Waals surface area (Å²) in [5.41, 5.74) is 5.37. The summed E-state index contributed by atoms with van der Waals surface area (Å²) in [6.45, 7) is 4.67. The second-order valence-corrected chi connectivity index (χ2v) is 3.03. The third-order valence-electron chi connectivity index (χ3n) is 1.51. The Balaban J connectivity index is -0.000000163. The molecule has 3 N–H and O–H groups in total. The first kappa shape index (κ1) is 22.5. The Kier molecular flexibility index (Phi) is 15.1. The third-order valence-corrected chi connectivity index (χ3v) is 1.51. The predicted octanol–water partition coefficient (Wildman–Crippen LogP) is -5.94. The van der Waals surface area contributed by atoms with Gasteiger partial charge in [0.25, 0.3) is 0 Å². The summed E-state index contributed by atoms with van der Waals surface area (Å²) in [6.07, 6.45) is -0.324. The van der Waals surface area contributed by atoms with Crippen LogP contribution in [0.25, 0.3) is 0 Å². The molecular weight excluding hydrogens is 248 g/mol. The molecule has 0 spiro atoms. The van der Waals surface area contributed by atoms with E-state index in [0.717, 1.165) is 0 Å². The normalized spacial score (nSPS) is 10.2. The van der Waals surface area contributed by atoms with E-state index in [1.165, 1.54) is 6.92 Å². The van der Waals surface area contributed by atoms with Crippen LogP contribution in [0, 0.1) is 0 Å². The Labute approximate surface area is 146 Å². The minimum Gasteiger partial charge on any atom is -1.00 e. The van der Waals surface area contributed by atoms with Crippen LogP contribution in [0.4, 0.5) is 0 Å². The molecule has 88 valence electrons. The van der Waals surface area contributed by atoms with Crippen molar-refractivity contribution in [1.29, 1.82) is 0 Å². The fourth-order valence-corrected chi connectivity index (χ4v) is 0.651. The molecule has 0 rings (SSSR count). The van der Waals surface area contributed by atoms with Crippen molar-refractivity contribution < 1.29 is 86.2 Å². The number of hydrogen-bond acceptors (Lipinski definition) is 5. The topological polar surface area (TPSA) is 107 Å². The van der Waals surface area contributed by atoms with E-state index >= 15 is 0 Å². The summed E-state index contributed by atoms with van der Waals surface area (Å²) >= 11 is 0. The fraction of sp³-hybridized carbons (Fsp3) is 0.444. The standard InChI is InChI=1S/C9H13NO5.2Na.2H/c1-5(2)8(13)15-9(14)6(10)3-4-7(11)12;;;;/h6H,1,3-4,10H2,2H3,(H,11,12);;;;/q;2*+1;2*-1. The van der Waals surface area contributed by atoms with E-state index in [-0.39, 0.29) is 80.4 Å². The minimum absolute atomic E-state index is 0. The van der Waals surface area contributed by atoms with Gasteiger partial charge in [-0.15, -0.1) is 0 Å². The zero-order chi connectivity index (χ0) is 12.0. The Morgan fingerprint density at radius 3 is 2.24 bits per heavy atom. The van der Waals surface area contributed by atoms with Gasteiger partial charge in [0.2, 0.25) is 0 Å². The number of carboxylic acids is 1. The summed E-state index contributed by atoms with van der Waals surface area (Å²) in [5.74, 6) is -2.86. The predicted molar refractivity (Wildman–Crippen MR) is 53.0 cm³/mol. The van der Waals surface area contributed by atoms with Gasteiger partial charge in [-0.25, -0.2) is 9.59 Å². The second-order valence-electron chi connectivity index (χ2n) is 3.03. The van der Waals surface area contributed by atoms with Gasteiger partial charge in [0.15, 0.2) is 0 Å². The first-order valence-electron chi connectivity index (χ1n) is 4.23.